The number of hydrogen-bond acceptors (Lipinski definition) is 3. The molecule has 0 aliphatic heterocycles. The minimum Gasteiger partial charge on any atom is -0.466 e. The van der Waals surface area contributed by atoms with Gasteiger partial charge < -0.3 is 9.73 Å². The first kappa shape index (κ1) is 16.1. The van der Waals surface area contributed by atoms with Gasteiger partial charge in [-0.25, -0.2) is 0 Å². The highest BCUT2D eigenvalue weighted by Gasteiger charge is 2.36. The van der Waals surface area contributed by atoms with Gasteiger partial charge in [-0.05, 0) is 31.7 Å². The second kappa shape index (κ2) is 5.41. The summed E-state index contributed by atoms with van der Waals surface area (Å²) in [6.45, 7) is 8.11. The van der Waals surface area contributed by atoms with Crippen LogP contribution >= 0.6 is 11.6 Å². The monoisotopic (exact) mass is 335 g/mol. The number of furan rings is 1. The second-order valence-corrected chi connectivity index (χ2v) is 7.54. The van der Waals surface area contributed by atoms with Gasteiger partial charge in [0.2, 0.25) is 0 Å². The summed E-state index contributed by atoms with van der Waals surface area (Å²) in [6, 6.07) is 1.95. The van der Waals surface area contributed by atoms with Crippen molar-refractivity contribution in [3.63, 3.8) is 0 Å². The molecule has 0 fully saturated rings. The fourth-order valence-electron chi connectivity index (χ4n) is 3.43. The largest absolute Gasteiger partial charge is 0.466 e. The van der Waals surface area contributed by atoms with Crippen molar-refractivity contribution in [2.24, 2.45) is 12.5 Å². The first-order chi connectivity index (χ1) is 10.7. The van der Waals surface area contributed by atoms with E-state index in [9.17, 15) is 4.79 Å². The van der Waals surface area contributed by atoms with Crippen molar-refractivity contribution in [1.82, 2.24) is 15.1 Å². The molecule has 1 N–H and O–H groups in total. The molecule has 2 aromatic heterocycles. The maximum atomic E-state index is 12.7. The maximum Gasteiger partial charge on any atom is 0.256 e. The van der Waals surface area contributed by atoms with Gasteiger partial charge in [0.25, 0.3) is 5.91 Å². The first-order valence-corrected chi connectivity index (χ1v) is 8.15. The Balaban J connectivity index is 1.91. The number of rotatable bonds is 2. The Morgan fingerprint density at radius 1 is 1.48 bits per heavy atom. The molecule has 3 rings (SSSR count). The lowest BCUT2D eigenvalue weighted by molar-refractivity contribution is 0.0917. The van der Waals surface area contributed by atoms with Crippen LogP contribution in [0, 0.1) is 19.3 Å². The van der Waals surface area contributed by atoms with Crippen LogP contribution in [0.15, 0.2) is 10.5 Å². The maximum absolute atomic E-state index is 12.7. The molecule has 0 radical (unpaired) electrons. The van der Waals surface area contributed by atoms with Crippen LogP contribution in [-0.2, 0) is 13.5 Å². The molecule has 2 heterocycles. The Bertz CT molecular complexity index is 773. The zero-order valence-corrected chi connectivity index (χ0v) is 14.9. The van der Waals surface area contributed by atoms with Crippen LogP contribution in [0.5, 0.6) is 0 Å². The third kappa shape index (κ3) is 2.90. The molecule has 124 valence electrons. The average molecular weight is 336 g/mol. The van der Waals surface area contributed by atoms with Gasteiger partial charge >= 0.3 is 0 Å². The quantitative estimate of drug-likeness (QED) is 0.909. The fraction of sp³-hybridized carbons (Fsp3) is 0.529. The van der Waals surface area contributed by atoms with Crippen LogP contribution in [0.4, 0.5) is 0 Å². The summed E-state index contributed by atoms with van der Waals surface area (Å²) in [5.74, 6) is 1.66. The Labute approximate surface area is 141 Å². The smallest absolute Gasteiger partial charge is 0.256 e. The summed E-state index contributed by atoms with van der Waals surface area (Å²) in [7, 11) is 1.73. The van der Waals surface area contributed by atoms with Crippen molar-refractivity contribution in [2.75, 3.05) is 0 Å². The van der Waals surface area contributed by atoms with E-state index in [-0.39, 0.29) is 17.4 Å². The number of amides is 1. The molecule has 0 saturated heterocycles. The molecule has 6 heteroatoms. The van der Waals surface area contributed by atoms with Crippen LogP contribution < -0.4 is 5.32 Å². The molecular weight excluding hydrogens is 314 g/mol. The molecule has 2 aromatic rings. The first-order valence-electron chi connectivity index (χ1n) is 7.77. The third-order valence-corrected chi connectivity index (χ3v) is 4.85. The van der Waals surface area contributed by atoms with Crippen LogP contribution in [0.3, 0.4) is 0 Å². The molecule has 23 heavy (non-hydrogen) atoms. The number of fused-ring (bicyclic) bond motifs is 1. The SMILES string of the molecule is Cc1cc2c(o1)CC(C)(C)C[C@@H]2NC(=O)c1c(C)nn(C)c1Cl. The van der Waals surface area contributed by atoms with E-state index >= 15 is 0 Å². The number of halogens is 1. The molecule has 0 spiro atoms. The molecule has 1 amide bonds. The van der Waals surface area contributed by atoms with Crippen molar-refractivity contribution in [3.05, 3.63) is 39.6 Å². The Morgan fingerprint density at radius 3 is 2.78 bits per heavy atom. The van der Waals surface area contributed by atoms with Crippen LogP contribution in [-0.4, -0.2) is 15.7 Å². The van der Waals surface area contributed by atoms with Crippen LogP contribution in [0.1, 0.15) is 59.4 Å². The highest BCUT2D eigenvalue weighted by Crippen LogP contribution is 2.42. The Hall–Kier alpha value is -1.75. The number of nitrogens with one attached hydrogen (secondary N) is 1. The van der Waals surface area contributed by atoms with Gasteiger partial charge in [-0.15, -0.1) is 0 Å². The van der Waals surface area contributed by atoms with Gasteiger partial charge in [0.1, 0.15) is 16.7 Å². The molecule has 0 saturated carbocycles. The predicted octanol–water partition coefficient (Wildman–Crippen LogP) is 3.73. The normalized spacial score (nSPS) is 19.5. The molecule has 1 atom stereocenters. The molecule has 5 nitrogen and oxygen atoms in total. The summed E-state index contributed by atoms with van der Waals surface area (Å²) in [5.41, 5.74) is 2.23. The average Bonchev–Trinajstić information content (AvgIpc) is 2.88. The molecule has 0 aromatic carbocycles. The van der Waals surface area contributed by atoms with Crippen molar-refractivity contribution < 1.29 is 9.21 Å². The number of hydrogen-bond donors (Lipinski definition) is 1. The summed E-state index contributed by atoms with van der Waals surface area (Å²) in [4.78, 5) is 12.7. The number of aryl methyl sites for hydroxylation is 3. The third-order valence-electron chi connectivity index (χ3n) is 4.42. The molecule has 1 aliphatic carbocycles. The summed E-state index contributed by atoms with van der Waals surface area (Å²) in [6.07, 6.45) is 1.75. The van der Waals surface area contributed by atoms with Crippen molar-refractivity contribution in [2.45, 2.75) is 46.6 Å². The number of carbonyl (C=O) groups is 1. The number of aromatic nitrogens is 2. The van der Waals surface area contributed by atoms with Gasteiger partial charge in [-0.3, -0.25) is 9.48 Å². The minimum absolute atomic E-state index is 0.0724. The van der Waals surface area contributed by atoms with E-state index in [0.717, 1.165) is 29.9 Å². The molecule has 1 aliphatic rings. The van der Waals surface area contributed by atoms with Crippen molar-refractivity contribution >= 4 is 17.5 Å². The van der Waals surface area contributed by atoms with E-state index in [2.05, 4.69) is 24.3 Å². The highest BCUT2D eigenvalue weighted by molar-refractivity contribution is 6.33. The van der Waals surface area contributed by atoms with E-state index in [0.29, 0.717) is 16.4 Å². The lowest BCUT2D eigenvalue weighted by atomic mass is 9.74. The molecule has 0 unspecified atom stereocenters. The van der Waals surface area contributed by atoms with Gasteiger partial charge in [0.05, 0.1) is 17.3 Å². The lowest BCUT2D eigenvalue weighted by Gasteiger charge is -2.34. The zero-order chi connectivity index (χ0) is 16.9. The van der Waals surface area contributed by atoms with E-state index < -0.39 is 0 Å². The van der Waals surface area contributed by atoms with Crippen LogP contribution in [0.2, 0.25) is 5.15 Å². The predicted molar refractivity (Wildman–Crippen MR) is 88.7 cm³/mol. The summed E-state index contributed by atoms with van der Waals surface area (Å²) >= 11 is 6.21. The van der Waals surface area contributed by atoms with Gasteiger partial charge in [-0.2, -0.15) is 5.10 Å². The van der Waals surface area contributed by atoms with Crippen molar-refractivity contribution in [1.29, 1.82) is 0 Å². The number of carbonyl (C=O) groups excluding carboxylic acids is 1. The lowest BCUT2D eigenvalue weighted by Crippen LogP contribution is -2.36. The second-order valence-electron chi connectivity index (χ2n) is 7.18. The summed E-state index contributed by atoms with van der Waals surface area (Å²) < 4.78 is 7.33. The fourth-order valence-corrected chi connectivity index (χ4v) is 3.69. The van der Waals surface area contributed by atoms with Gasteiger partial charge in [0.15, 0.2) is 0 Å². The van der Waals surface area contributed by atoms with Gasteiger partial charge in [-0.1, -0.05) is 25.4 Å². The van der Waals surface area contributed by atoms with Crippen LogP contribution in [0.25, 0.3) is 0 Å². The van der Waals surface area contributed by atoms with Crippen molar-refractivity contribution in [3.8, 4) is 0 Å². The topological polar surface area (TPSA) is 60.1 Å². The van der Waals surface area contributed by atoms with E-state index in [1.165, 1.54) is 4.68 Å². The zero-order valence-electron chi connectivity index (χ0n) is 14.2. The standard InChI is InChI=1S/C17H22ClN3O2/c1-9-6-11-12(7-17(3,4)8-13(11)23-9)19-16(22)14-10(2)20-21(5)15(14)18/h6,12H,7-8H2,1-5H3,(H,19,22)/t12-/m0/s1. The Morgan fingerprint density at radius 2 is 2.17 bits per heavy atom. The molecular formula is C17H22ClN3O2. The summed E-state index contributed by atoms with van der Waals surface area (Å²) in [5, 5.41) is 7.69. The highest BCUT2D eigenvalue weighted by atomic mass is 35.5. The van der Waals surface area contributed by atoms with E-state index in [4.69, 9.17) is 16.0 Å². The number of nitrogens with zero attached hydrogens (tertiary/aromatic N) is 2. The molecule has 0 bridgehead atoms. The Kier molecular flexibility index (Phi) is 3.79. The van der Waals surface area contributed by atoms with E-state index in [1.54, 1.807) is 14.0 Å². The van der Waals surface area contributed by atoms with E-state index in [1.807, 2.05) is 13.0 Å². The van der Waals surface area contributed by atoms with Gasteiger partial charge in [0, 0.05) is 19.0 Å². The minimum atomic E-state index is -0.187.